The molecule has 1 N–H and O–H groups in total. The maximum absolute atomic E-state index is 9.13. The normalized spacial score (nSPS) is 9.80. The van der Waals surface area contributed by atoms with Gasteiger partial charge in [0.2, 0.25) is 0 Å². The molecule has 0 aliphatic heterocycles. The van der Waals surface area contributed by atoms with Gasteiger partial charge in [0, 0.05) is 0 Å². The van der Waals surface area contributed by atoms with Crippen molar-refractivity contribution in [3.8, 4) is 0 Å². The van der Waals surface area contributed by atoms with Crippen LogP contribution in [0, 0.1) is 6.10 Å². The van der Waals surface area contributed by atoms with Gasteiger partial charge in [0.25, 0.3) is 0 Å². The van der Waals surface area contributed by atoms with E-state index in [1.807, 2.05) is 30.3 Å². The van der Waals surface area contributed by atoms with Gasteiger partial charge in [0.15, 0.2) is 0 Å². The third kappa shape index (κ3) is 1.45. The van der Waals surface area contributed by atoms with Crippen LogP contribution in [-0.2, 0) is 0 Å². The second-order valence-electron chi connectivity index (χ2n) is 1.96. The molecule has 10 heavy (non-hydrogen) atoms. The summed E-state index contributed by atoms with van der Waals surface area (Å²) in [4.78, 5) is 0. The summed E-state index contributed by atoms with van der Waals surface area (Å²) in [6.45, 7) is 3.45. The lowest BCUT2D eigenvalue weighted by molar-refractivity contribution is 0.363. The molecule has 0 bridgehead atoms. The molecule has 0 heterocycles. The maximum Gasteiger partial charge on any atom is 0.144 e. The molecule has 0 aliphatic carbocycles. The van der Waals surface area contributed by atoms with Gasteiger partial charge >= 0.3 is 0 Å². The van der Waals surface area contributed by atoms with E-state index in [0.29, 0.717) is 0 Å². The van der Waals surface area contributed by atoms with Crippen molar-refractivity contribution in [1.82, 2.24) is 0 Å². The molecule has 0 atom stereocenters. The van der Waals surface area contributed by atoms with Crippen LogP contribution < -0.4 is 0 Å². The van der Waals surface area contributed by atoms with E-state index >= 15 is 0 Å². The van der Waals surface area contributed by atoms with Crippen molar-refractivity contribution in [3.63, 3.8) is 0 Å². The molecule has 1 rings (SSSR count). The molecule has 0 saturated heterocycles. The molecule has 51 valence electrons. The Bertz CT molecular complexity index is 203. The molecule has 0 saturated carbocycles. The van der Waals surface area contributed by atoms with Gasteiger partial charge in [0.1, 0.15) is 6.10 Å². The summed E-state index contributed by atoms with van der Waals surface area (Å²) in [6, 6.07) is 9.30. The summed E-state index contributed by atoms with van der Waals surface area (Å²) in [6.07, 6.45) is 1.65. The first-order chi connectivity index (χ1) is 4.84. The highest BCUT2D eigenvalue weighted by molar-refractivity contribution is 5.30. The van der Waals surface area contributed by atoms with E-state index in [-0.39, 0.29) is 6.10 Å². The molecule has 1 nitrogen and oxygen atoms in total. The zero-order valence-electron chi connectivity index (χ0n) is 5.62. The lowest BCUT2D eigenvalue weighted by Crippen LogP contribution is -1.91. The fourth-order valence-corrected chi connectivity index (χ4v) is 0.727. The number of benzene rings is 1. The molecule has 0 aromatic heterocycles. The molecule has 0 aliphatic rings. The molecule has 0 amide bonds. The Morgan fingerprint density at radius 3 is 2.40 bits per heavy atom. The number of hydrogen-bond acceptors (Lipinski definition) is 1. The Morgan fingerprint density at radius 1 is 1.30 bits per heavy atom. The van der Waals surface area contributed by atoms with Gasteiger partial charge in [0.05, 0.1) is 0 Å². The summed E-state index contributed by atoms with van der Waals surface area (Å²) in [5.74, 6) is 0. The largest absolute Gasteiger partial charge is 0.377 e. The van der Waals surface area contributed by atoms with Gasteiger partial charge in [-0.15, -0.1) is 0 Å². The van der Waals surface area contributed by atoms with E-state index in [4.69, 9.17) is 5.11 Å². The maximum atomic E-state index is 9.13. The summed E-state index contributed by atoms with van der Waals surface area (Å²) in [5, 5.41) is 9.13. The lowest BCUT2D eigenvalue weighted by Gasteiger charge is -2.00. The minimum atomic E-state index is 0.223. The van der Waals surface area contributed by atoms with Crippen molar-refractivity contribution in [2.24, 2.45) is 0 Å². The predicted molar refractivity (Wildman–Crippen MR) is 40.9 cm³/mol. The third-order valence-electron chi connectivity index (χ3n) is 1.26. The number of rotatable bonds is 2. The van der Waals surface area contributed by atoms with Crippen LogP contribution in [-0.4, -0.2) is 5.11 Å². The first-order valence-electron chi connectivity index (χ1n) is 3.08. The molecule has 0 unspecified atom stereocenters. The van der Waals surface area contributed by atoms with Gasteiger partial charge in [-0.05, 0) is 5.56 Å². The average molecular weight is 135 g/mol. The zero-order chi connectivity index (χ0) is 7.40. The summed E-state index contributed by atoms with van der Waals surface area (Å²) in [7, 11) is 0. The Hall–Kier alpha value is -1.08. The highest BCUT2D eigenvalue weighted by atomic mass is 16.3. The van der Waals surface area contributed by atoms with Crippen LogP contribution in [0.5, 0.6) is 0 Å². The van der Waals surface area contributed by atoms with E-state index < -0.39 is 0 Å². The van der Waals surface area contributed by atoms with E-state index in [9.17, 15) is 0 Å². The molecule has 0 fully saturated rings. The molecule has 1 heteroatoms. The minimum absolute atomic E-state index is 0.223. The molecule has 1 aromatic carbocycles. The van der Waals surface area contributed by atoms with Gasteiger partial charge < -0.3 is 5.11 Å². The Labute approximate surface area is 60.6 Å². The highest BCUT2D eigenvalue weighted by Crippen LogP contribution is 2.10. The Morgan fingerprint density at radius 2 is 1.90 bits per heavy atom. The van der Waals surface area contributed by atoms with Crippen molar-refractivity contribution in [2.75, 3.05) is 0 Å². The Balaban J connectivity index is 2.84. The predicted octanol–water partition coefficient (Wildman–Crippen LogP) is 2.13. The smallest absolute Gasteiger partial charge is 0.144 e. The number of aliphatic hydroxyl groups excluding tert-OH is 1. The van der Waals surface area contributed by atoms with Crippen molar-refractivity contribution < 1.29 is 5.11 Å². The number of hydrogen-bond donors (Lipinski definition) is 1. The average Bonchev–Trinajstić information content (AvgIpc) is 2.05. The van der Waals surface area contributed by atoms with Crippen LogP contribution in [0.25, 0.3) is 0 Å². The second kappa shape index (κ2) is 3.18. The standard InChI is InChI=1S/C9H9O/c1-2-9(10)8-6-4-3-5-7-8/h2-7,10H,1H2/i8+2. The second-order valence-corrected chi connectivity index (χ2v) is 1.96. The highest BCUT2D eigenvalue weighted by Gasteiger charge is 1.99. The molecular weight excluding hydrogens is 126 g/mol. The molecule has 1 aromatic rings. The van der Waals surface area contributed by atoms with Crippen LogP contribution in [0.4, 0.5) is 0 Å². The van der Waals surface area contributed by atoms with Crippen molar-refractivity contribution >= 4 is 0 Å². The van der Waals surface area contributed by atoms with Crippen molar-refractivity contribution in [3.05, 3.63) is 54.7 Å². The third-order valence-corrected chi connectivity index (χ3v) is 1.26. The first-order valence-corrected chi connectivity index (χ1v) is 3.08. The van der Waals surface area contributed by atoms with Crippen LogP contribution >= 0.6 is 0 Å². The first kappa shape index (κ1) is 7.03. The van der Waals surface area contributed by atoms with E-state index in [1.165, 1.54) is 6.08 Å². The van der Waals surface area contributed by atoms with E-state index in [1.54, 1.807) is 0 Å². The zero-order valence-corrected chi connectivity index (χ0v) is 5.62. The fraction of sp³-hybridized carbons (Fsp3) is 0. The van der Waals surface area contributed by atoms with Crippen LogP contribution in [0.1, 0.15) is 5.56 Å². The lowest BCUT2D eigenvalue weighted by atomic mass is 10.4. The Kier molecular flexibility index (Phi) is 2.24. The van der Waals surface area contributed by atoms with Crippen molar-refractivity contribution in [2.45, 2.75) is 0 Å². The van der Waals surface area contributed by atoms with E-state index in [0.717, 1.165) is 5.56 Å². The monoisotopic (exact) mass is 135 g/mol. The van der Waals surface area contributed by atoms with Crippen molar-refractivity contribution in [1.29, 1.82) is 0 Å². The SMILES string of the molecule is C=C[C](O)[14c]1ccccc1. The van der Waals surface area contributed by atoms with Gasteiger partial charge in [-0.25, -0.2) is 0 Å². The molecule has 0 spiro atoms. The van der Waals surface area contributed by atoms with Gasteiger partial charge in [-0.3, -0.25) is 0 Å². The summed E-state index contributed by atoms with van der Waals surface area (Å²) >= 11 is 0. The molecular formula is C9H9O. The quantitative estimate of drug-likeness (QED) is 0.658. The van der Waals surface area contributed by atoms with E-state index in [2.05, 4.69) is 6.58 Å². The number of aliphatic hydroxyl groups is 1. The topological polar surface area (TPSA) is 20.2 Å². The van der Waals surface area contributed by atoms with Crippen LogP contribution in [0.15, 0.2) is 43.0 Å². The summed E-state index contributed by atoms with van der Waals surface area (Å²) < 4.78 is 0. The van der Waals surface area contributed by atoms with Crippen LogP contribution in [0.3, 0.4) is 0 Å². The molecule has 1 radical (unpaired) electrons. The minimum Gasteiger partial charge on any atom is -0.377 e. The fourth-order valence-electron chi connectivity index (χ4n) is 0.727. The summed E-state index contributed by atoms with van der Waals surface area (Å²) in [5.41, 5.74) is 0.803. The van der Waals surface area contributed by atoms with Gasteiger partial charge in [-0.1, -0.05) is 43.0 Å². The van der Waals surface area contributed by atoms with Crippen LogP contribution in [0.2, 0.25) is 0 Å². The van der Waals surface area contributed by atoms with Gasteiger partial charge in [-0.2, -0.15) is 0 Å².